The molecule has 1 saturated heterocycles. The monoisotopic (exact) mass is 267 g/mol. The lowest BCUT2D eigenvalue weighted by molar-refractivity contribution is -0.0262. The highest BCUT2D eigenvalue weighted by Gasteiger charge is 2.21. The lowest BCUT2D eigenvalue weighted by Gasteiger charge is -2.32. The number of hydrogen-bond acceptors (Lipinski definition) is 5. The van der Waals surface area contributed by atoms with E-state index in [1.54, 1.807) is 0 Å². The van der Waals surface area contributed by atoms with Crippen LogP contribution in [0.5, 0.6) is 0 Å². The van der Waals surface area contributed by atoms with Crippen LogP contribution in [0.3, 0.4) is 0 Å². The van der Waals surface area contributed by atoms with Crippen molar-refractivity contribution in [3.05, 3.63) is 17.0 Å². The largest absolute Gasteiger partial charge is 0.374 e. The van der Waals surface area contributed by atoms with Gasteiger partial charge in [0.15, 0.2) is 0 Å². The number of morpholine rings is 1. The number of ether oxygens (including phenoxy) is 1. The summed E-state index contributed by atoms with van der Waals surface area (Å²) in [6, 6.07) is 0.242. The predicted octanol–water partition coefficient (Wildman–Crippen LogP) is 1.66. The van der Waals surface area contributed by atoms with Crippen molar-refractivity contribution in [2.24, 2.45) is 0 Å². The zero-order valence-corrected chi connectivity index (χ0v) is 12.4. The minimum absolute atomic E-state index is 0.242. The molecule has 0 radical (unpaired) electrons. The van der Waals surface area contributed by atoms with Gasteiger partial charge in [-0.25, -0.2) is 0 Å². The zero-order chi connectivity index (χ0) is 13.8. The minimum Gasteiger partial charge on any atom is -0.374 e. The number of nitrogens with zero attached hydrogens (tertiary/aromatic N) is 2. The van der Waals surface area contributed by atoms with Crippen LogP contribution < -0.4 is 5.32 Å². The summed E-state index contributed by atoms with van der Waals surface area (Å²) in [4.78, 5) is 2.43. The normalized spacial score (nSPS) is 22.6. The van der Waals surface area contributed by atoms with E-state index in [4.69, 9.17) is 9.26 Å². The van der Waals surface area contributed by atoms with E-state index in [9.17, 15) is 0 Å². The topological polar surface area (TPSA) is 50.5 Å². The van der Waals surface area contributed by atoms with Crippen molar-refractivity contribution >= 4 is 0 Å². The molecule has 5 nitrogen and oxygen atoms in total. The summed E-state index contributed by atoms with van der Waals surface area (Å²) in [6.45, 7) is 13.1. The predicted molar refractivity (Wildman–Crippen MR) is 74.2 cm³/mol. The Kier molecular flexibility index (Phi) is 4.96. The number of aromatic nitrogens is 1. The Hall–Kier alpha value is -0.910. The minimum atomic E-state index is 0.242. The number of likely N-dealkylation sites (N-methyl/N-ethyl adjacent to an activating group) is 1. The maximum Gasteiger partial charge on any atom is 0.138 e. The summed E-state index contributed by atoms with van der Waals surface area (Å²) in [5, 5.41) is 7.53. The molecule has 0 bridgehead atoms. The van der Waals surface area contributed by atoms with E-state index in [0.29, 0.717) is 0 Å². The lowest BCUT2D eigenvalue weighted by atomic mass is 10.1. The molecule has 19 heavy (non-hydrogen) atoms. The van der Waals surface area contributed by atoms with E-state index in [2.05, 4.69) is 29.2 Å². The van der Waals surface area contributed by atoms with Crippen LogP contribution >= 0.6 is 0 Å². The summed E-state index contributed by atoms with van der Waals surface area (Å²) in [6.07, 6.45) is 0.275. The van der Waals surface area contributed by atoms with Crippen LogP contribution in [0.4, 0.5) is 0 Å². The van der Waals surface area contributed by atoms with Gasteiger partial charge in [-0.05, 0) is 27.3 Å². The van der Waals surface area contributed by atoms with Crippen LogP contribution in [0.25, 0.3) is 0 Å². The second-order valence-electron chi connectivity index (χ2n) is 5.25. The Bertz CT molecular complexity index is 386. The van der Waals surface area contributed by atoms with Crippen molar-refractivity contribution in [1.82, 2.24) is 15.4 Å². The standard InChI is InChI=1S/C14H25N3O2/c1-5-17-6-7-18-13(9-17)8-15-10(2)14-11(3)16-19-12(14)4/h10,13,15H,5-9H2,1-4H3. The fraction of sp³-hybridized carbons (Fsp3) is 0.786. The molecule has 2 atom stereocenters. The van der Waals surface area contributed by atoms with Crippen LogP contribution in [0.15, 0.2) is 4.52 Å². The van der Waals surface area contributed by atoms with Crippen LogP contribution in [0, 0.1) is 13.8 Å². The average Bonchev–Trinajstić information content (AvgIpc) is 2.76. The first-order chi connectivity index (χ1) is 9.11. The molecule has 1 aliphatic rings. The molecule has 1 aromatic heterocycles. The van der Waals surface area contributed by atoms with Crippen molar-refractivity contribution in [2.75, 3.05) is 32.8 Å². The summed E-state index contributed by atoms with van der Waals surface area (Å²) in [5.74, 6) is 0.900. The third-order valence-electron chi connectivity index (χ3n) is 3.84. The van der Waals surface area contributed by atoms with Crippen molar-refractivity contribution < 1.29 is 9.26 Å². The van der Waals surface area contributed by atoms with Gasteiger partial charge in [0.05, 0.1) is 18.4 Å². The van der Waals surface area contributed by atoms with Crippen LogP contribution in [-0.4, -0.2) is 48.9 Å². The quantitative estimate of drug-likeness (QED) is 0.879. The lowest BCUT2D eigenvalue weighted by Crippen LogP contribution is -2.46. The second-order valence-corrected chi connectivity index (χ2v) is 5.25. The molecule has 2 unspecified atom stereocenters. The molecule has 0 saturated carbocycles. The average molecular weight is 267 g/mol. The number of rotatable bonds is 5. The van der Waals surface area contributed by atoms with E-state index in [1.165, 1.54) is 5.56 Å². The Morgan fingerprint density at radius 3 is 2.89 bits per heavy atom. The first-order valence-electron chi connectivity index (χ1n) is 7.12. The van der Waals surface area contributed by atoms with Gasteiger partial charge in [-0.3, -0.25) is 4.90 Å². The van der Waals surface area contributed by atoms with Crippen LogP contribution in [-0.2, 0) is 4.74 Å². The Balaban J connectivity index is 1.85. The fourth-order valence-electron chi connectivity index (χ4n) is 2.71. The molecule has 108 valence electrons. The van der Waals surface area contributed by atoms with E-state index in [-0.39, 0.29) is 12.1 Å². The highest BCUT2D eigenvalue weighted by Crippen LogP contribution is 2.20. The highest BCUT2D eigenvalue weighted by molar-refractivity contribution is 5.24. The van der Waals surface area contributed by atoms with Gasteiger partial charge in [-0.2, -0.15) is 0 Å². The second kappa shape index (κ2) is 6.50. The SMILES string of the molecule is CCN1CCOC(CNC(C)c2c(C)noc2C)C1. The van der Waals surface area contributed by atoms with Gasteiger partial charge in [-0.15, -0.1) is 0 Å². The molecule has 0 amide bonds. The van der Waals surface area contributed by atoms with Crippen molar-refractivity contribution in [2.45, 2.75) is 39.8 Å². The molecule has 0 aromatic carbocycles. The molecular formula is C14H25N3O2. The van der Waals surface area contributed by atoms with Crippen molar-refractivity contribution in [3.63, 3.8) is 0 Å². The number of aryl methyl sites for hydroxylation is 2. The summed E-state index contributed by atoms with van der Waals surface area (Å²) in [5.41, 5.74) is 2.14. The molecule has 5 heteroatoms. The van der Waals surface area contributed by atoms with E-state index >= 15 is 0 Å². The summed E-state index contributed by atoms with van der Waals surface area (Å²) in [7, 11) is 0. The Labute approximate surface area is 115 Å². The maximum atomic E-state index is 5.80. The van der Waals surface area contributed by atoms with Crippen molar-refractivity contribution in [3.8, 4) is 0 Å². The summed E-state index contributed by atoms with van der Waals surface area (Å²) >= 11 is 0. The third-order valence-corrected chi connectivity index (χ3v) is 3.84. The van der Waals surface area contributed by atoms with Gasteiger partial charge in [0.1, 0.15) is 5.76 Å². The van der Waals surface area contributed by atoms with Gasteiger partial charge < -0.3 is 14.6 Å². The third kappa shape index (κ3) is 3.55. The molecule has 1 aliphatic heterocycles. The molecule has 2 heterocycles. The maximum absolute atomic E-state index is 5.80. The van der Waals surface area contributed by atoms with Gasteiger partial charge in [0, 0.05) is 31.2 Å². The Morgan fingerprint density at radius 1 is 1.47 bits per heavy atom. The molecule has 1 aromatic rings. The number of nitrogens with one attached hydrogen (secondary N) is 1. The molecule has 0 aliphatic carbocycles. The molecular weight excluding hydrogens is 242 g/mol. The van der Waals surface area contributed by atoms with Gasteiger partial charge in [0.2, 0.25) is 0 Å². The molecule has 2 rings (SSSR count). The zero-order valence-electron chi connectivity index (χ0n) is 12.4. The molecule has 1 N–H and O–H groups in total. The first kappa shape index (κ1) is 14.5. The molecule has 1 fully saturated rings. The van der Waals surface area contributed by atoms with Gasteiger partial charge >= 0.3 is 0 Å². The fourth-order valence-corrected chi connectivity index (χ4v) is 2.71. The van der Waals surface area contributed by atoms with Crippen molar-refractivity contribution in [1.29, 1.82) is 0 Å². The van der Waals surface area contributed by atoms with E-state index in [1.807, 2.05) is 13.8 Å². The summed E-state index contributed by atoms with van der Waals surface area (Å²) < 4.78 is 11.0. The van der Waals surface area contributed by atoms with Gasteiger partial charge in [-0.1, -0.05) is 12.1 Å². The highest BCUT2D eigenvalue weighted by atomic mass is 16.5. The smallest absolute Gasteiger partial charge is 0.138 e. The van der Waals surface area contributed by atoms with Crippen LogP contribution in [0.1, 0.15) is 36.9 Å². The van der Waals surface area contributed by atoms with Crippen LogP contribution in [0.2, 0.25) is 0 Å². The van der Waals surface area contributed by atoms with E-state index in [0.717, 1.165) is 44.2 Å². The molecule has 0 spiro atoms. The Morgan fingerprint density at radius 2 is 2.26 bits per heavy atom. The van der Waals surface area contributed by atoms with Gasteiger partial charge in [0.25, 0.3) is 0 Å². The first-order valence-corrected chi connectivity index (χ1v) is 7.12. The van der Waals surface area contributed by atoms with E-state index < -0.39 is 0 Å². The number of hydrogen-bond donors (Lipinski definition) is 1.